The van der Waals surface area contributed by atoms with Gasteiger partial charge in [0, 0.05) is 27.2 Å². The van der Waals surface area contributed by atoms with Crippen molar-refractivity contribution in [2.24, 2.45) is 17.6 Å². The van der Waals surface area contributed by atoms with Crippen molar-refractivity contribution in [3.63, 3.8) is 0 Å². The van der Waals surface area contributed by atoms with Crippen LogP contribution in [-0.2, 0) is 9.53 Å². The topological polar surface area (TPSA) is 90.4 Å². The second kappa shape index (κ2) is 9.35. The molecule has 0 amide bonds. The minimum absolute atomic E-state index is 0.00582. The maximum Gasteiger partial charge on any atom is 0.327 e. The molecule has 0 heterocycles. The third kappa shape index (κ3) is 4.17. The Balaban J connectivity index is 1.42. The van der Waals surface area contributed by atoms with Crippen LogP contribution in [0.3, 0.4) is 0 Å². The molecule has 0 unspecified atom stereocenters. The summed E-state index contributed by atoms with van der Waals surface area (Å²) >= 11 is 1.73. The number of nitrogen functional groups attached to an aromatic ring is 1. The molecule has 0 spiro atoms. The highest BCUT2D eigenvalue weighted by molar-refractivity contribution is 8.00. The van der Waals surface area contributed by atoms with E-state index in [1.54, 1.807) is 11.8 Å². The van der Waals surface area contributed by atoms with Gasteiger partial charge in [-0.05, 0) is 91.6 Å². The highest BCUT2D eigenvalue weighted by Crippen LogP contribution is 2.61. The Kier molecular flexibility index (Phi) is 6.28. The van der Waals surface area contributed by atoms with Crippen molar-refractivity contribution in [3.05, 3.63) is 84.4 Å². The lowest BCUT2D eigenvalue weighted by atomic mass is 9.72. The number of hydrogen-bond donors (Lipinski definition) is 3. The molecule has 2 aliphatic carbocycles. The number of benzene rings is 3. The van der Waals surface area contributed by atoms with Gasteiger partial charge in [-0.3, -0.25) is 4.79 Å². The van der Waals surface area contributed by atoms with Crippen LogP contribution in [-0.4, -0.2) is 23.4 Å². The number of nitrogens with one attached hydrogen (secondary N) is 1. The highest BCUT2D eigenvalue weighted by Gasteiger charge is 2.65. The van der Waals surface area contributed by atoms with Gasteiger partial charge in [-0.2, -0.15) is 0 Å². The van der Waals surface area contributed by atoms with E-state index in [4.69, 9.17) is 16.2 Å². The predicted octanol–water partition coefficient (Wildman–Crippen LogP) is 5.56. The summed E-state index contributed by atoms with van der Waals surface area (Å²) in [7, 11) is 0. The minimum atomic E-state index is -1.01. The summed E-state index contributed by atoms with van der Waals surface area (Å²) in [4.78, 5) is 14.4. The molecule has 5 rings (SSSR count). The van der Waals surface area contributed by atoms with Crippen LogP contribution >= 0.6 is 11.8 Å². The van der Waals surface area contributed by atoms with Gasteiger partial charge in [0.15, 0.2) is 0 Å². The molecule has 0 radical (unpaired) electrons. The van der Waals surface area contributed by atoms with Gasteiger partial charge in [-0.1, -0.05) is 30.3 Å². The van der Waals surface area contributed by atoms with Crippen LogP contribution in [0.5, 0.6) is 0 Å². The number of nitrogens with two attached hydrogens (primary N) is 2. The third-order valence-electron chi connectivity index (χ3n) is 7.26. The van der Waals surface area contributed by atoms with Gasteiger partial charge in [-0.25, -0.2) is 0 Å². The second-order valence-corrected chi connectivity index (χ2v) is 10.5. The van der Waals surface area contributed by atoms with Crippen LogP contribution < -0.4 is 16.8 Å². The smallest absolute Gasteiger partial charge is 0.327 e. The first-order valence-corrected chi connectivity index (χ1v) is 12.8. The fourth-order valence-corrected chi connectivity index (χ4v) is 7.25. The molecule has 176 valence electrons. The van der Waals surface area contributed by atoms with Crippen molar-refractivity contribution in [3.8, 4) is 0 Å². The molecule has 2 bridgehead atoms. The summed E-state index contributed by atoms with van der Waals surface area (Å²) in [5.41, 5.74) is 15.8. The summed E-state index contributed by atoms with van der Waals surface area (Å²) in [5, 5.41) is 3.47. The van der Waals surface area contributed by atoms with Crippen molar-refractivity contribution >= 4 is 34.8 Å². The highest BCUT2D eigenvalue weighted by atomic mass is 32.2. The fraction of sp³-hybridized carbons (Fsp3) is 0.321. The van der Waals surface area contributed by atoms with Gasteiger partial charge < -0.3 is 21.5 Å². The molecule has 34 heavy (non-hydrogen) atoms. The second-order valence-electron chi connectivity index (χ2n) is 9.32. The number of esters is 1. The Labute approximate surface area is 205 Å². The predicted molar refractivity (Wildman–Crippen MR) is 139 cm³/mol. The molecular formula is C28H31N3O2S. The monoisotopic (exact) mass is 473 g/mol. The molecule has 5 N–H and O–H groups in total. The lowest BCUT2D eigenvalue weighted by Gasteiger charge is -2.42. The number of carbonyl (C=O) groups excluding carboxylic acids is 1. The van der Waals surface area contributed by atoms with Crippen molar-refractivity contribution in [1.29, 1.82) is 0 Å². The van der Waals surface area contributed by atoms with Crippen LogP contribution in [0.2, 0.25) is 0 Å². The first-order chi connectivity index (χ1) is 16.5. The van der Waals surface area contributed by atoms with Crippen molar-refractivity contribution in [1.82, 2.24) is 0 Å². The van der Waals surface area contributed by atoms with E-state index in [0.29, 0.717) is 12.5 Å². The number of ether oxygens (including phenoxy) is 1. The van der Waals surface area contributed by atoms with E-state index in [-0.39, 0.29) is 23.1 Å². The quantitative estimate of drug-likeness (QED) is 0.308. The van der Waals surface area contributed by atoms with Crippen LogP contribution in [0.4, 0.5) is 17.1 Å². The van der Waals surface area contributed by atoms with Gasteiger partial charge in [-0.15, -0.1) is 11.8 Å². The van der Waals surface area contributed by atoms with E-state index in [1.807, 2.05) is 49.4 Å². The Hall–Kier alpha value is -2.96. The van der Waals surface area contributed by atoms with Crippen LogP contribution in [0, 0.1) is 11.8 Å². The standard InChI is InChI=1S/C28H31N3O2S/c1-2-33-27(32)28(30)25-17-19(26(28)34-23-9-4-3-5-10-23)16-24(25)18-7-6-8-22(15-18)31-21-13-11-20(29)12-14-21/h3-15,19,24-26,31H,2,16-17,29-30H2,1H3/t19-,24+,25-,26+,28-/m1/s1. The molecule has 3 aromatic rings. The molecule has 0 aliphatic heterocycles. The molecule has 0 aromatic heterocycles. The van der Waals surface area contributed by atoms with Crippen molar-refractivity contribution < 1.29 is 9.53 Å². The van der Waals surface area contributed by atoms with Gasteiger partial charge in [0.1, 0.15) is 5.54 Å². The Morgan fingerprint density at radius 3 is 2.53 bits per heavy atom. The normalized spacial score (nSPS) is 27.5. The van der Waals surface area contributed by atoms with E-state index in [1.165, 1.54) is 5.56 Å². The molecule has 5 nitrogen and oxygen atoms in total. The molecule has 3 aromatic carbocycles. The number of anilines is 3. The van der Waals surface area contributed by atoms with E-state index in [0.717, 1.165) is 34.8 Å². The van der Waals surface area contributed by atoms with E-state index in [9.17, 15) is 4.79 Å². The number of hydrogen-bond acceptors (Lipinski definition) is 6. The maximum atomic E-state index is 13.3. The lowest BCUT2D eigenvalue weighted by Crippen LogP contribution is -2.61. The third-order valence-corrected chi connectivity index (χ3v) is 8.83. The van der Waals surface area contributed by atoms with Crippen molar-refractivity contribution in [2.75, 3.05) is 17.7 Å². The zero-order valence-electron chi connectivity index (χ0n) is 19.3. The summed E-state index contributed by atoms with van der Waals surface area (Å²) < 4.78 is 5.55. The molecule has 5 atom stereocenters. The zero-order chi connectivity index (χ0) is 23.7. The molecule has 6 heteroatoms. The average Bonchev–Trinajstić information content (AvgIpc) is 3.40. The number of thioether (sulfide) groups is 1. The van der Waals surface area contributed by atoms with E-state index >= 15 is 0 Å². The Morgan fingerprint density at radius 2 is 1.79 bits per heavy atom. The maximum absolute atomic E-state index is 13.3. The molecule has 2 saturated carbocycles. The summed E-state index contributed by atoms with van der Waals surface area (Å²) in [6.45, 7) is 2.18. The largest absolute Gasteiger partial charge is 0.465 e. The van der Waals surface area contributed by atoms with Gasteiger partial charge in [0.05, 0.1) is 6.61 Å². The molecule has 2 aliphatic rings. The van der Waals surface area contributed by atoms with Crippen LogP contribution in [0.15, 0.2) is 83.8 Å². The number of fused-ring (bicyclic) bond motifs is 2. The van der Waals surface area contributed by atoms with E-state index < -0.39 is 5.54 Å². The van der Waals surface area contributed by atoms with Gasteiger partial charge in [0.2, 0.25) is 0 Å². The average molecular weight is 474 g/mol. The SMILES string of the molecule is CCOC(=O)[C@@]1(N)[C@@H]2C[C@@H](C[C@H]2c2cccc(Nc3ccc(N)cc3)c2)[C@@H]1Sc1ccccc1. The first kappa shape index (κ1) is 22.8. The van der Waals surface area contributed by atoms with Gasteiger partial charge in [0.25, 0.3) is 0 Å². The van der Waals surface area contributed by atoms with Crippen molar-refractivity contribution in [2.45, 2.75) is 41.4 Å². The summed E-state index contributed by atoms with van der Waals surface area (Å²) in [5.74, 6) is 0.366. The number of carbonyl (C=O) groups is 1. The number of rotatable bonds is 7. The molecular weight excluding hydrogens is 442 g/mol. The minimum Gasteiger partial charge on any atom is -0.465 e. The summed E-state index contributed by atoms with van der Waals surface area (Å²) in [6, 6.07) is 26.4. The lowest BCUT2D eigenvalue weighted by molar-refractivity contribution is -0.151. The molecule has 2 fully saturated rings. The van der Waals surface area contributed by atoms with Gasteiger partial charge >= 0.3 is 5.97 Å². The van der Waals surface area contributed by atoms with Crippen LogP contribution in [0.25, 0.3) is 0 Å². The summed E-state index contributed by atoms with van der Waals surface area (Å²) in [6.07, 6.45) is 1.97. The van der Waals surface area contributed by atoms with E-state index in [2.05, 4.69) is 41.7 Å². The molecule has 0 saturated heterocycles. The zero-order valence-corrected chi connectivity index (χ0v) is 20.1. The van der Waals surface area contributed by atoms with Crippen LogP contribution in [0.1, 0.15) is 31.2 Å². The fourth-order valence-electron chi connectivity index (χ4n) is 5.76. The first-order valence-electron chi connectivity index (χ1n) is 11.9. The Morgan fingerprint density at radius 1 is 1.03 bits per heavy atom. The Bertz CT molecular complexity index is 1150.